The van der Waals surface area contributed by atoms with Crippen molar-refractivity contribution in [2.75, 3.05) is 0 Å². The van der Waals surface area contributed by atoms with E-state index in [1.807, 2.05) is 13.1 Å². The minimum Gasteiger partial charge on any atom is -0.507 e. The van der Waals surface area contributed by atoms with Gasteiger partial charge in [-0.25, -0.2) is 0 Å². The molecule has 2 heterocycles. The lowest BCUT2D eigenvalue weighted by molar-refractivity contribution is -0.154. The fourth-order valence-electron chi connectivity index (χ4n) is 5.49. The van der Waals surface area contributed by atoms with Crippen molar-refractivity contribution < 1.29 is 23.4 Å². The van der Waals surface area contributed by atoms with E-state index in [0.29, 0.717) is 24.2 Å². The molecule has 3 aliphatic rings. The van der Waals surface area contributed by atoms with Gasteiger partial charge in [0.25, 0.3) is 0 Å². The van der Waals surface area contributed by atoms with Crippen LogP contribution in [0, 0.1) is 13.8 Å². The lowest BCUT2D eigenvalue weighted by atomic mass is 9.56. The Morgan fingerprint density at radius 3 is 2.40 bits per heavy atom. The predicted molar refractivity (Wildman–Crippen MR) is 105 cm³/mol. The first kappa shape index (κ1) is 19.4. The Kier molecular flexibility index (Phi) is 3.85. The van der Waals surface area contributed by atoms with Crippen molar-refractivity contribution in [1.29, 1.82) is 0 Å². The van der Waals surface area contributed by atoms with Crippen LogP contribution in [0.4, 0.5) is 13.2 Å². The first-order chi connectivity index (χ1) is 14.0. The van der Waals surface area contributed by atoms with E-state index in [4.69, 9.17) is 0 Å². The average molecular weight is 417 g/mol. The third-order valence-corrected chi connectivity index (χ3v) is 6.76. The number of aryl methyl sites for hydroxylation is 2. The molecule has 30 heavy (non-hydrogen) atoms. The van der Waals surface area contributed by atoms with E-state index in [0.717, 1.165) is 42.3 Å². The Morgan fingerprint density at radius 1 is 1.03 bits per heavy atom. The largest absolute Gasteiger partial charge is 0.507 e. The maximum atomic E-state index is 13.0. The van der Waals surface area contributed by atoms with Crippen LogP contribution in [0.5, 0.6) is 5.75 Å². The molecule has 1 aromatic carbocycles. The number of nitrogens with zero attached hydrogens (tertiary/aromatic N) is 3. The molecule has 8 heteroatoms. The van der Waals surface area contributed by atoms with Gasteiger partial charge in [0.2, 0.25) is 0 Å². The van der Waals surface area contributed by atoms with Crippen LogP contribution in [-0.4, -0.2) is 30.6 Å². The van der Waals surface area contributed by atoms with Crippen LogP contribution in [0.25, 0.3) is 22.3 Å². The lowest BCUT2D eigenvalue weighted by Crippen LogP contribution is -2.60. The molecule has 0 atom stereocenters. The Balaban J connectivity index is 1.60. The van der Waals surface area contributed by atoms with Crippen LogP contribution in [0.15, 0.2) is 24.4 Å². The highest BCUT2D eigenvalue weighted by molar-refractivity contribution is 5.85. The summed E-state index contributed by atoms with van der Waals surface area (Å²) in [6.07, 6.45) is 1.65. The van der Waals surface area contributed by atoms with E-state index < -0.39 is 23.1 Å². The number of halogens is 3. The van der Waals surface area contributed by atoms with Crippen molar-refractivity contribution in [2.24, 2.45) is 0 Å². The van der Waals surface area contributed by atoms with Gasteiger partial charge < -0.3 is 14.8 Å². The zero-order chi connectivity index (χ0) is 21.5. The molecular weight excluding hydrogens is 395 g/mol. The molecule has 158 valence electrons. The van der Waals surface area contributed by atoms with Crippen LogP contribution < -0.4 is 0 Å². The summed E-state index contributed by atoms with van der Waals surface area (Å²) >= 11 is 0. The molecular formula is C22H22F3N3O2. The molecule has 0 aliphatic heterocycles. The van der Waals surface area contributed by atoms with Gasteiger partial charge >= 0.3 is 6.18 Å². The van der Waals surface area contributed by atoms with Crippen LogP contribution in [0.1, 0.15) is 48.8 Å². The zero-order valence-corrected chi connectivity index (χ0v) is 16.7. The highest BCUT2D eigenvalue weighted by Gasteiger charge is 2.57. The number of phenols is 1. The van der Waals surface area contributed by atoms with Crippen molar-refractivity contribution in [3.05, 3.63) is 41.1 Å². The predicted octanol–water partition coefficient (Wildman–Crippen LogP) is 4.84. The lowest BCUT2D eigenvalue weighted by Gasteiger charge is -2.58. The Hall–Kier alpha value is -2.61. The minimum absolute atomic E-state index is 0.151. The summed E-state index contributed by atoms with van der Waals surface area (Å²) in [6, 6.07) is 3.51. The van der Waals surface area contributed by atoms with Gasteiger partial charge in [0, 0.05) is 17.1 Å². The molecule has 3 aromatic rings. The molecule has 0 amide bonds. The van der Waals surface area contributed by atoms with E-state index in [1.165, 1.54) is 6.92 Å². The number of aromatic hydroxyl groups is 1. The number of fused-ring (bicyclic) bond motifs is 3. The SMILES string of the molecule is Cc1cc(C(F)(F)F)cc(O)c1-c1cc2c(C)cn(C34CCCC(O)(C3)C4)c2nn1. The third-order valence-electron chi connectivity index (χ3n) is 6.76. The van der Waals surface area contributed by atoms with Crippen LogP contribution >= 0.6 is 0 Å². The molecule has 3 fully saturated rings. The number of phenolic OH excluding ortho intramolecular Hbond substituents is 1. The molecule has 2 N–H and O–H groups in total. The molecule has 3 aliphatic carbocycles. The number of aromatic nitrogens is 3. The first-order valence-electron chi connectivity index (χ1n) is 10.0. The maximum absolute atomic E-state index is 13.0. The molecule has 5 nitrogen and oxygen atoms in total. The summed E-state index contributed by atoms with van der Waals surface area (Å²) in [6.45, 7) is 3.47. The number of hydrogen-bond acceptors (Lipinski definition) is 4. The summed E-state index contributed by atoms with van der Waals surface area (Å²) in [7, 11) is 0. The van der Waals surface area contributed by atoms with Gasteiger partial charge in [-0.1, -0.05) is 0 Å². The fourth-order valence-corrected chi connectivity index (χ4v) is 5.49. The van der Waals surface area contributed by atoms with E-state index >= 15 is 0 Å². The van der Waals surface area contributed by atoms with E-state index in [9.17, 15) is 23.4 Å². The quantitative estimate of drug-likeness (QED) is 0.626. The highest BCUT2D eigenvalue weighted by Crippen LogP contribution is 2.57. The number of aliphatic hydroxyl groups is 1. The van der Waals surface area contributed by atoms with Gasteiger partial charge in [-0.15, -0.1) is 10.2 Å². The molecule has 6 rings (SSSR count). The van der Waals surface area contributed by atoms with E-state index in [-0.39, 0.29) is 16.7 Å². The van der Waals surface area contributed by atoms with Gasteiger partial charge in [-0.3, -0.25) is 0 Å². The number of hydrogen-bond donors (Lipinski definition) is 2. The summed E-state index contributed by atoms with van der Waals surface area (Å²) < 4.78 is 41.2. The van der Waals surface area contributed by atoms with Gasteiger partial charge in [0.1, 0.15) is 5.75 Å². The van der Waals surface area contributed by atoms with Crippen LogP contribution in [0.2, 0.25) is 0 Å². The zero-order valence-electron chi connectivity index (χ0n) is 16.7. The molecule has 2 aromatic heterocycles. The van der Waals surface area contributed by atoms with Crippen LogP contribution in [-0.2, 0) is 11.7 Å². The number of rotatable bonds is 2. The number of alkyl halides is 3. The summed E-state index contributed by atoms with van der Waals surface area (Å²) in [5.74, 6) is -0.469. The molecule has 0 unspecified atom stereocenters. The average Bonchev–Trinajstić information content (AvgIpc) is 2.96. The van der Waals surface area contributed by atoms with Gasteiger partial charge in [-0.05, 0) is 75.3 Å². The molecule has 0 spiro atoms. The van der Waals surface area contributed by atoms with E-state index in [2.05, 4.69) is 14.8 Å². The second-order valence-corrected chi connectivity index (χ2v) is 8.99. The highest BCUT2D eigenvalue weighted by atomic mass is 19.4. The van der Waals surface area contributed by atoms with E-state index in [1.54, 1.807) is 6.07 Å². The van der Waals surface area contributed by atoms with Crippen molar-refractivity contribution in [2.45, 2.75) is 63.3 Å². The summed E-state index contributed by atoms with van der Waals surface area (Å²) in [5.41, 5.74) is 0.900. The smallest absolute Gasteiger partial charge is 0.416 e. The number of benzene rings is 1. The first-order valence-corrected chi connectivity index (χ1v) is 10.0. The Bertz CT molecular complexity index is 1150. The second-order valence-electron chi connectivity index (χ2n) is 8.99. The maximum Gasteiger partial charge on any atom is 0.416 e. The summed E-state index contributed by atoms with van der Waals surface area (Å²) in [5, 5.41) is 30.3. The molecule has 0 saturated heterocycles. The van der Waals surface area contributed by atoms with Gasteiger partial charge in [-0.2, -0.15) is 13.2 Å². The Labute approximate surface area is 171 Å². The van der Waals surface area contributed by atoms with Gasteiger partial charge in [0.05, 0.1) is 22.4 Å². The van der Waals surface area contributed by atoms with Crippen LogP contribution in [0.3, 0.4) is 0 Å². The fraction of sp³-hybridized carbons (Fsp3) is 0.455. The normalized spacial score (nSPS) is 26.1. The van der Waals surface area contributed by atoms with Crippen molar-refractivity contribution in [3.63, 3.8) is 0 Å². The summed E-state index contributed by atoms with van der Waals surface area (Å²) in [4.78, 5) is 0. The van der Waals surface area contributed by atoms with Crippen molar-refractivity contribution in [3.8, 4) is 17.0 Å². The molecule has 2 bridgehead atoms. The second kappa shape index (κ2) is 5.97. The minimum atomic E-state index is -4.53. The van der Waals surface area contributed by atoms with Crippen molar-refractivity contribution in [1.82, 2.24) is 14.8 Å². The Morgan fingerprint density at radius 2 is 1.77 bits per heavy atom. The van der Waals surface area contributed by atoms with Crippen molar-refractivity contribution >= 4 is 11.0 Å². The monoisotopic (exact) mass is 417 g/mol. The standard InChI is InChI=1S/C22H22F3N3O2/c1-12-6-14(22(23,24)25)7-17(29)18(12)16-8-15-13(2)9-28(19(15)27-26-16)20-4-3-5-21(30,10-20)11-20/h6-9,29-30H,3-5,10-11H2,1-2H3. The van der Waals surface area contributed by atoms with Gasteiger partial charge in [0.15, 0.2) is 5.65 Å². The topological polar surface area (TPSA) is 71.2 Å². The molecule has 0 radical (unpaired) electrons. The third kappa shape index (κ3) is 2.73. The molecule has 3 saturated carbocycles.